The fourth-order valence-electron chi connectivity index (χ4n) is 3.82. The first-order valence-electron chi connectivity index (χ1n) is 9.77. The minimum absolute atomic E-state index is 0.204. The smallest absolute Gasteiger partial charge is 0.132 e. The van der Waals surface area contributed by atoms with Gasteiger partial charge in [-0.15, -0.1) is 0 Å². The van der Waals surface area contributed by atoms with Crippen LogP contribution in [0.4, 0.5) is 4.39 Å². The van der Waals surface area contributed by atoms with Crippen molar-refractivity contribution in [3.8, 4) is 11.3 Å². The summed E-state index contributed by atoms with van der Waals surface area (Å²) < 4.78 is 14.3. The molecule has 2 aromatic rings. The first-order valence-corrected chi connectivity index (χ1v) is 9.77. The Morgan fingerprint density at radius 2 is 1.80 bits per heavy atom. The van der Waals surface area contributed by atoms with E-state index in [1.165, 1.54) is 32.1 Å². The Labute approximate surface area is 150 Å². The zero-order valence-electron chi connectivity index (χ0n) is 15.5. The summed E-state index contributed by atoms with van der Waals surface area (Å²) in [5.41, 5.74) is 3.22. The van der Waals surface area contributed by atoms with Crippen LogP contribution in [-0.2, 0) is 12.8 Å². The second-order valence-corrected chi connectivity index (χ2v) is 7.64. The average Bonchev–Trinajstić information content (AvgIpc) is 2.62. The van der Waals surface area contributed by atoms with Gasteiger partial charge in [-0.05, 0) is 60.9 Å². The molecule has 0 atom stereocenters. The zero-order valence-corrected chi connectivity index (χ0v) is 15.5. The fraction of sp³-hybridized carbons (Fsp3) is 0.545. The van der Waals surface area contributed by atoms with Crippen molar-refractivity contribution >= 4 is 0 Å². The van der Waals surface area contributed by atoms with E-state index < -0.39 is 0 Å². The van der Waals surface area contributed by atoms with E-state index in [4.69, 9.17) is 0 Å². The van der Waals surface area contributed by atoms with Crippen molar-refractivity contribution in [1.29, 1.82) is 0 Å². The van der Waals surface area contributed by atoms with Crippen molar-refractivity contribution in [1.82, 2.24) is 10.2 Å². The van der Waals surface area contributed by atoms with Crippen molar-refractivity contribution in [2.75, 3.05) is 0 Å². The number of aromatic nitrogens is 2. The molecule has 0 spiro atoms. The molecule has 1 aliphatic rings. The number of hydrogen-bond donors (Lipinski definition) is 0. The quantitative estimate of drug-likeness (QED) is 0.645. The van der Waals surface area contributed by atoms with Gasteiger partial charge in [0.15, 0.2) is 0 Å². The Hall–Kier alpha value is -1.77. The van der Waals surface area contributed by atoms with E-state index in [2.05, 4.69) is 24.0 Å². The summed E-state index contributed by atoms with van der Waals surface area (Å²) in [6.45, 7) is 4.46. The maximum Gasteiger partial charge on any atom is 0.132 e. The number of rotatable bonds is 6. The van der Waals surface area contributed by atoms with Gasteiger partial charge in [0.25, 0.3) is 0 Å². The van der Waals surface area contributed by atoms with Crippen LogP contribution in [-0.4, -0.2) is 10.2 Å². The molecular weight excluding hydrogens is 311 g/mol. The molecule has 0 amide bonds. The lowest BCUT2D eigenvalue weighted by atomic mass is 9.81. The molecule has 1 heterocycles. The summed E-state index contributed by atoms with van der Waals surface area (Å²) in [5, 5.41) is 8.61. The average molecular weight is 340 g/mol. The number of halogens is 1. The summed E-state index contributed by atoms with van der Waals surface area (Å²) in [5.74, 6) is 1.53. The van der Waals surface area contributed by atoms with Crippen LogP contribution in [0.2, 0.25) is 0 Å². The SMILES string of the molecule is CCCc1ccc(-c2ccc(CCC3CCC(C)CC3)nn2)c(F)c1. The highest BCUT2D eigenvalue weighted by Crippen LogP contribution is 2.31. The Bertz CT molecular complexity index is 673. The first kappa shape index (κ1) is 18.0. The standard InChI is InChI=1S/C22H29FN2/c1-3-4-18-10-13-20(21(23)15-18)22-14-12-19(24-25-22)11-9-17-7-5-16(2)6-8-17/h10,12-17H,3-9,11H2,1-2H3. The van der Waals surface area contributed by atoms with Crippen molar-refractivity contribution < 1.29 is 4.39 Å². The maximum atomic E-state index is 14.3. The molecule has 0 bridgehead atoms. The van der Waals surface area contributed by atoms with Crippen molar-refractivity contribution in [3.05, 3.63) is 47.4 Å². The lowest BCUT2D eigenvalue weighted by Crippen LogP contribution is -2.13. The number of benzene rings is 1. The normalized spacial score (nSPS) is 20.6. The minimum atomic E-state index is -0.204. The van der Waals surface area contributed by atoms with E-state index in [1.54, 1.807) is 6.07 Å². The molecular formula is C22H29FN2. The molecule has 0 unspecified atom stereocenters. The fourth-order valence-corrected chi connectivity index (χ4v) is 3.82. The molecule has 25 heavy (non-hydrogen) atoms. The predicted molar refractivity (Wildman–Crippen MR) is 101 cm³/mol. The molecule has 2 nitrogen and oxygen atoms in total. The van der Waals surface area contributed by atoms with Crippen molar-refractivity contribution in [2.45, 2.75) is 65.2 Å². The Kier molecular flexibility index (Phi) is 6.17. The molecule has 1 aliphatic carbocycles. The van der Waals surface area contributed by atoms with Crippen LogP contribution in [0.5, 0.6) is 0 Å². The van der Waals surface area contributed by atoms with Crippen LogP contribution in [0.15, 0.2) is 30.3 Å². The molecule has 1 aromatic carbocycles. The molecule has 134 valence electrons. The molecule has 3 heteroatoms. The highest BCUT2D eigenvalue weighted by atomic mass is 19.1. The number of nitrogens with zero attached hydrogens (tertiary/aromatic N) is 2. The molecule has 0 N–H and O–H groups in total. The highest BCUT2D eigenvalue weighted by molar-refractivity contribution is 5.59. The van der Waals surface area contributed by atoms with Gasteiger partial charge in [0, 0.05) is 5.56 Å². The Balaban J connectivity index is 1.60. The lowest BCUT2D eigenvalue weighted by Gasteiger charge is -2.25. The van der Waals surface area contributed by atoms with E-state index in [0.717, 1.165) is 42.4 Å². The van der Waals surface area contributed by atoms with Crippen LogP contribution in [0.1, 0.15) is 63.6 Å². The van der Waals surface area contributed by atoms with E-state index >= 15 is 0 Å². The van der Waals surface area contributed by atoms with Crippen LogP contribution < -0.4 is 0 Å². The third kappa shape index (κ3) is 4.87. The first-order chi connectivity index (χ1) is 12.2. The third-order valence-corrected chi connectivity index (χ3v) is 5.51. The van der Waals surface area contributed by atoms with Gasteiger partial charge in [0.05, 0.1) is 11.4 Å². The summed E-state index contributed by atoms with van der Waals surface area (Å²) in [6.07, 6.45) is 9.52. The van der Waals surface area contributed by atoms with Crippen LogP contribution >= 0.6 is 0 Å². The van der Waals surface area contributed by atoms with Crippen LogP contribution in [0.3, 0.4) is 0 Å². The summed E-state index contributed by atoms with van der Waals surface area (Å²) >= 11 is 0. The summed E-state index contributed by atoms with van der Waals surface area (Å²) in [6, 6.07) is 9.35. The largest absolute Gasteiger partial charge is 0.206 e. The lowest BCUT2D eigenvalue weighted by molar-refractivity contribution is 0.277. The minimum Gasteiger partial charge on any atom is -0.206 e. The van der Waals surface area contributed by atoms with Gasteiger partial charge in [0.2, 0.25) is 0 Å². The van der Waals surface area contributed by atoms with Gasteiger partial charge in [0.1, 0.15) is 5.82 Å². The van der Waals surface area contributed by atoms with Gasteiger partial charge in [-0.3, -0.25) is 0 Å². The molecule has 0 radical (unpaired) electrons. The number of aryl methyl sites for hydroxylation is 2. The molecule has 0 saturated heterocycles. The van der Waals surface area contributed by atoms with E-state index in [-0.39, 0.29) is 5.82 Å². The topological polar surface area (TPSA) is 25.8 Å². The van der Waals surface area contributed by atoms with Gasteiger partial charge in [-0.2, -0.15) is 10.2 Å². The van der Waals surface area contributed by atoms with Crippen LogP contribution in [0.25, 0.3) is 11.3 Å². The van der Waals surface area contributed by atoms with E-state index in [0.29, 0.717) is 11.3 Å². The van der Waals surface area contributed by atoms with Gasteiger partial charge < -0.3 is 0 Å². The van der Waals surface area contributed by atoms with Crippen molar-refractivity contribution in [2.24, 2.45) is 11.8 Å². The van der Waals surface area contributed by atoms with E-state index in [9.17, 15) is 4.39 Å². The molecule has 3 rings (SSSR count). The molecule has 1 saturated carbocycles. The second-order valence-electron chi connectivity index (χ2n) is 7.64. The van der Waals surface area contributed by atoms with Gasteiger partial charge in [-0.25, -0.2) is 4.39 Å². The molecule has 0 aliphatic heterocycles. The second kappa shape index (κ2) is 8.55. The highest BCUT2D eigenvalue weighted by Gasteiger charge is 2.18. The predicted octanol–water partition coefficient (Wildman–Crippen LogP) is 5.99. The molecule has 1 fully saturated rings. The van der Waals surface area contributed by atoms with Crippen molar-refractivity contribution in [3.63, 3.8) is 0 Å². The molecule has 1 aromatic heterocycles. The monoisotopic (exact) mass is 340 g/mol. The summed E-state index contributed by atoms with van der Waals surface area (Å²) in [4.78, 5) is 0. The Morgan fingerprint density at radius 3 is 2.44 bits per heavy atom. The van der Waals surface area contributed by atoms with Crippen LogP contribution in [0, 0.1) is 17.7 Å². The van der Waals surface area contributed by atoms with Gasteiger partial charge >= 0.3 is 0 Å². The Morgan fingerprint density at radius 1 is 1.00 bits per heavy atom. The summed E-state index contributed by atoms with van der Waals surface area (Å²) in [7, 11) is 0. The van der Waals surface area contributed by atoms with E-state index in [1.807, 2.05) is 24.3 Å². The maximum absolute atomic E-state index is 14.3. The number of hydrogen-bond acceptors (Lipinski definition) is 2. The third-order valence-electron chi connectivity index (χ3n) is 5.51. The van der Waals surface area contributed by atoms with Gasteiger partial charge in [-0.1, -0.05) is 52.0 Å². The zero-order chi connectivity index (χ0) is 17.6.